The van der Waals surface area contributed by atoms with E-state index in [1.54, 1.807) is 12.1 Å². The molecule has 0 atom stereocenters. The van der Waals surface area contributed by atoms with Crippen molar-refractivity contribution in [2.75, 3.05) is 6.61 Å². The van der Waals surface area contributed by atoms with Gasteiger partial charge in [0.2, 0.25) is 0 Å². The summed E-state index contributed by atoms with van der Waals surface area (Å²) < 4.78 is 4.36. The molecule has 0 saturated heterocycles. The molecule has 1 aromatic rings. The van der Waals surface area contributed by atoms with Crippen molar-refractivity contribution >= 4 is 11.8 Å². The molecule has 92 valence electrons. The summed E-state index contributed by atoms with van der Waals surface area (Å²) in [4.78, 5) is 20.0. The van der Waals surface area contributed by atoms with Crippen molar-refractivity contribution in [3.63, 3.8) is 0 Å². The summed E-state index contributed by atoms with van der Waals surface area (Å²) in [6, 6.07) is 6.33. The first-order valence-corrected chi connectivity index (χ1v) is 5.18. The average Bonchev–Trinajstić information content (AvgIpc) is 2.29. The first-order valence-electron chi connectivity index (χ1n) is 5.18. The second-order valence-corrected chi connectivity index (χ2v) is 3.50. The van der Waals surface area contributed by atoms with Gasteiger partial charge in [0.25, 0.3) is 5.69 Å². The largest absolute Gasteiger partial charge is 0.505 e. The minimum Gasteiger partial charge on any atom is -0.450 e. The van der Waals surface area contributed by atoms with Gasteiger partial charge in [-0.15, -0.1) is 0 Å². The maximum Gasteiger partial charge on any atom is 0.505 e. The molecule has 0 fully saturated rings. The van der Waals surface area contributed by atoms with Crippen molar-refractivity contribution in [2.45, 2.75) is 19.3 Å². The van der Waals surface area contributed by atoms with Gasteiger partial charge in [0.15, 0.2) is 0 Å². The number of carboxylic acid groups (broad SMARTS) is 1. The summed E-state index contributed by atoms with van der Waals surface area (Å²) in [5.41, 5.74) is 1.06. The van der Waals surface area contributed by atoms with Crippen LogP contribution in [0.2, 0.25) is 0 Å². The minimum atomic E-state index is -1.26. The highest BCUT2D eigenvalue weighted by Gasteiger charge is 2.03. The van der Waals surface area contributed by atoms with Crippen molar-refractivity contribution in [2.24, 2.45) is 0 Å². The molecule has 6 nitrogen and oxygen atoms in total. The van der Waals surface area contributed by atoms with Gasteiger partial charge in [0.1, 0.15) is 0 Å². The van der Waals surface area contributed by atoms with Gasteiger partial charge < -0.3 is 9.84 Å². The standard InChI is InChI=1S/C11H13NO5/c13-11(14)17-8-2-1-3-9-4-6-10(7-5-9)12(15)16/h4-7H,1-3,8H2,(H,13,14). The predicted molar refractivity (Wildman–Crippen MR) is 60.0 cm³/mol. The van der Waals surface area contributed by atoms with Gasteiger partial charge in [-0.05, 0) is 24.8 Å². The first-order chi connectivity index (χ1) is 8.09. The van der Waals surface area contributed by atoms with Crippen molar-refractivity contribution in [3.8, 4) is 0 Å². The number of rotatable bonds is 6. The van der Waals surface area contributed by atoms with Crippen LogP contribution in [-0.2, 0) is 11.2 Å². The number of aryl methyl sites for hydroxylation is 1. The van der Waals surface area contributed by atoms with E-state index in [1.807, 2.05) is 0 Å². The molecular weight excluding hydrogens is 226 g/mol. The van der Waals surface area contributed by atoms with Crippen LogP contribution < -0.4 is 0 Å². The van der Waals surface area contributed by atoms with Crippen LogP contribution in [0.25, 0.3) is 0 Å². The summed E-state index contributed by atoms with van der Waals surface area (Å²) in [5.74, 6) is 0. The number of non-ortho nitro benzene ring substituents is 1. The van der Waals surface area contributed by atoms with Crippen LogP contribution in [0.4, 0.5) is 10.5 Å². The Morgan fingerprint density at radius 2 is 1.94 bits per heavy atom. The van der Waals surface area contributed by atoms with Crippen molar-refractivity contribution < 1.29 is 19.6 Å². The Balaban J connectivity index is 2.27. The summed E-state index contributed by atoms with van der Waals surface area (Å²) in [6.07, 6.45) is 0.912. The van der Waals surface area contributed by atoms with Gasteiger partial charge in [-0.25, -0.2) is 4.79 Å². The number of hydrogen-bond donors (Lipinski definition) is 1. The van der Waals surface area contributed by atoms with E-state index < -0.39 is 11.1 Å². The molecule has 1 N–H and O–H groups in total. The van der Waals surface area contributed by atoms with E-state index in [-0.39, 0.29) is 12.3 Å². The van der Waals surface area contributed by atoms with Crippen molar-refractivity contribution in [1.29, 1.82) is 0 Å². The number of carbonyl (C=O) groups is 1. The fourth-order valence-electron chi connectivity index (χ4n) is 1.37. The second kappa shape index (κ2) is 6.47. The SMILES string of the molecule is O=C(O)OCCCCc1ccc([N+](=O)[O-])cc1. The van der Waals surface area contributed by atoms with Gasteiger partial charge in [-0.3, -0.25) is 10.1 Å². The monoisotopic (exact) mass is 239 g/mol. The van der Waals surface area contributed by atoms with E-state index in [0.29, 0.717) is 6.42 Å². The van der Waals surface area contributed by atoms with Gasteiger partial charge in [-0.1, -0.05) is 12.1 Å². The lowest BCUT2D eigenvalue weighted by Gasteiger charge is -2.01. The summed E-state index contributed by atoms with van der Waals surface area (Å²) in [5, 5.41) is 18.6. The van der Waals surface area contributed by atoms with E-state index in [1.165, 1.54) is 12.1 Å². The van der Waals surface area contributed by atoms with Gasteiger partial charge >= 0.3 is 6.16 Å². The lowest BCUT2D eigenvalue weighted by atomic mass is 10.1. The molecule has 0 aromatic heterocycles. The molecule has 6 heteroatoms. The van der Waals surface area contributed by atoms with Crippen LogP contribution in [0.15, 0.2) is 24.3 Å². The number of hydrogen-bond acceptors (Lipinski definition) is 4. The number of ether oxygens (including phenoxy) is 1. The predicted octanol–water partition coefficient (Wildman–Crippen LogP) is 2.61. The summed E-state index contributed by atoms with van der Waals surface area (Å²) >= 11 is 0. The number of nitro benzene ring substituents is 1. The van der Waals surface area contributed by atoms with Gasteiger partial charge in [0.05, 0.1) is 11.5 Å². The van der Waals surface area contributed by atoms with E-state index >= 15 is 0 Å². The Morgan fingerprint density at radius 1 is 1.29 bits per heavy atom. The van der Waals surface area contributed by atoms with Crippen LogP contribution >= 0.6 is 0 Å². The molecule has 0 bridgehead atoms. The molecule has 0 unspecified atom stereocenters. The van der Waals surface area contributed by atoms with Gasteiger partial charge in [-0.2, -0.15) is 0 Å². The van der Waals surface area contributed by atoms with Crippen molar-refractivity contribution in [3.05, 3.63) is 39.9 Å². The zero-order valence-corrected chi connectivity index (χ0v) is 9.17. The molecule has 17 heavy (non-hydrogen) atoms. The fourth-order valence-corrected chi connectivity index (χ4v) is 1.37. The number of nitro groups is 1. The second-order valence-electron chi connectivity index (χ2n) is 3.50. The van der Waals surface area contributed by atoms with Crippen LogP contribution in [0.3, 0.4) is 0 Å². The smallest absolute Gasteiger partial charge is 0.450 e. The van der Waals surface area contributed by atoms with Crippen LogP contribution in [-0.4, -0.2) is 22.8 Å². The summed E-state index contributed by atoms with van der Waals surface area (Å²) in [6.45, 7) is 0.183. The zero-order chi connectivity index (χ0) is 12.7. The maximum absolute atomic E-state index is 10.4. The molecule has 0 radical (unpaired) electrons. The highest BCUT2D eigenvalue weighted by molar-refractivity contribution is 5.56. The molecular formula is C11H13NO5. The lowest BCUT2D eigenvalue weighted by Crippen LogP contribution is -2.02. The Morgan fingerprint density at radius 3 is 2.47 bits per heavy atom. The molecule has 1 aromatic carbocycles. The quantitative estimate of drug-likeness (QED) is 0.356. The first kappa shape index (κ1) is 13.0. The van der Waals surface area contributed by atoms with Crippen LogP contribution in [0.1, 0.15) is 18.4 Å². The Labute approximate surface area is 98.0 Å². The lowest BCUT2D eigenvalue weighted by molar-refractivity contribution is -0.384. The molecule has 0 aliphatic carbocycles. The van der Waals surface area contributed by atoms with Crippen LogP contribution in [0, 0.1) is 10.1 Å². The fraction of sp³-hybridized carbons (Fsp3) is 0.364. The Bertz CT molecular complexity index is 387. The molecule has 1 rings (SSSR count). The van der Waals surface area contributed by atoms with E-state index in [2.05, 4.69) is 4.74 Å². The molecule has 0 aliphatic heterocycles. The zero-order valence-electron chi connectivity index (χ0n) is 9.17. The number of benzene rings is 1. The Kier molecular flexibility index (Phi) is 4.93. The maximum atomic E-state index is 10.4. The minimum absolute atomic E-state index is 0.0722. The third kappa shape index (κ3) is 4.96. The topological polar surface area (TPSA) is 89.7 Å². The van der Waals surface area contributed by atoms with Gasteiger partial charge in [0, 0.05) is 12.1 Å². The molecule has 0 aliphatic rings. The highest BCUT2D eigenvalue weighted by Crippen LogP contribution is 2.13. The van der Waals surface area contributed by atoms with E-state index in [9.17, 15) is 14.9 Å². The van der Waals surface area contributed by atoms with E-state index in [4.69, 9.17) is 5.11 Å². The van der Waals surface area contributed by atoms with Crippen LogP contribution in [0.5, 0.6) is 0 Å². The van der Waals surface area contributed by atoms with Crippen molar-refractivity contribution in [1.82, 2.24) is 0 Å². The Hall–Kier alpha value is -2.11. The molecule has 0 amide bonds. The molecule has 0 saturated carbocycles. The summed E-state index contributed by atoms with van der Waals surface area (Å²) in [7, 11) is 0. The average molecular weight is 239 g/mol. The molecule has 0 heterocycles. The number of unbranched alkanes of at least 4 members (excludes halogenated alkanes) is 1. The third-order valence-electron chi connectivity index (χ3n) is 2.23. The number of nitrogens with zero attached hydrogens (tertiary/aromatic N) is 1. The van der Waals surface area contributed by atoms with E-state index in [0.717, 1.165) is 18.4 Å². The highest BCUT2D eigenvalue weighted by atomic mass is 16.7. The molecule has 0 spiro atoms. The third-order valence-corrected chi connectivity index (χ3v) is 2.23. The normalized spacial score (nSPS) is 9.88.